The molecule has 2 heterocycles. The highest BCUT2D eigenvalue weighted by Crippen LogP contribution is 2.56. The fraction of sp³-hybridized carbons (Fsp3) is 0.286. The third-order valence-corrected chi connectivity index (χ3v) is 9.98. The van der Waals surface area contributed by atoms with Gasteiger partial charge in [0.1, 0.15) is 0 Å². The number of imide groups is 1. The van der Waals surface area contributed by atoms with Crippen molar-refractivity contribution >= 4 is 66.6 Å². The summed E-state index contributed by atoms with van der Waals surface area (Å²) in [6.07, 6.45) is 3.84. The Hall–Kier alpha value is -2.82. The summed E-state index contributed by atoms with van der Waals surface area (Å²) >= 11 is 8.10. The van der Waals surface area contributed by atoms with Crippen LogP contribution in [0.15, 0.2) is 67.5 Å². The summed E-state index contributed by atoms with van der Waals surface area (Å²) in [6, 6.07) is 7.15. The van der Waals surface area contributed by atoms with Crippen LogP contribution in [-0.4, -0.2) is 40.5 Å². The Morgan fingerprint density at radius 3 is 2.63 bits per heavy atom. The van der Waals surface area contributed by atoms with Crippen molar-refractivity contribution in [2.45, 2.75) is 25.3 Å². The molecule has 7 nitrogen and oxygen atoms in total. The lowest BCUT2D eigenvalue weighted by Crippen LogP contribution is -2.39. The summed E-state index contributed by atoms with van der Waals surface area (Å²) in [5.74, 6) is -3.03. The van der Waals surface area contributed by atoms with Gasteiger partial charge in [0.15, 0.2) is 23.1 Å². The van der Waals surface area contributed by atoms with Crippen LogP contribution in [0.2, 0.25) is 0 Å². The van der Waals surface area contributed by atoms with Crippen molar-refractivity contribution in [2.24, 2.45) is 17.8 Å². The summed E-state index contributed by atoms with van der Waals surface area (Å²) in [7, 11) is 1.43. The molecule has 0 spiro atoms. The molecule has 3 aliphatic carbocycles. The van der Waals surface area contributed by atoms with Gasteiger partial charge in [0.05, 0.1) is 34.4 Å². The molecule has 194 valence electrons. The van der Waals surface area contributed by atoms with E-state index in [0.717, 1.165) is 10.5 Å². The van der Waals surface area contributed by atoms with Gasteiger partial charge in [-0.25, -0.2) is 0 Å². The van der Waals surface area contributed by atoms with Gasteiger partial charge in [-0.1, -0.05) is 17.7 Å². The molecule has 1 aliphatic heterocycles. The van der Waals surface area contributed by atoms with Gasteiger partial charge in [-0.2, -0.15) is 0 Å². The number of likely N-dealkylation sites (tertiary alicyclic amines) is 1. The number of methoxy groups -OCH3 is 1. The molecule has 6 rings (SSSR count). The van der Waals surface area contributed by atoms with Crippen molar-refractivity contribution in [3.8, 4) is 11.5 Å². The van der Waals surface area contributed by atoms with E-state index in [-0.39, 0.29) is 52.3 Å². The van der Waals surface area contributed by atoms with Gasteiger partial charge < -0.3 is 9.84 Å². The molecular weight excluding hydrogens is 638 g/mol. The second kappa shape index (κ2) is 9.43. The van der Waals surface area contributed by atoms with Crippen molar-refractivity contribution in [1.29, 1.82) is 0 Å². The molecule has 2 amide bonds. The van der Waals surface area contributed by atoms with Crippen molar-refractivity contribution < 1.29 is 29.0 Å². The number of benzene rings is 1. The normalized spacial score (nSPS) is 26.7. The molecule has 0 radical (unpaired) electrons. The van der Waals surface area contributed by atoms with Gasteiger partial charge in [0.25, 0.3) is 0 Å². The average molecular weight is 659 g/mol. The number of thiophene rings is 1. The molecule has 0 bridgehead atoms. The minimum Gasteiger partial charge on any atom is -0.503 e. The van der Waals surface area contributed by atoms with Crippen molar-refractivity contribution in [1.82, 2.24) is 4.90 Å². The number of hydrogen-bond donors (Lipinski definition) is 1. The molecule has 38 heavy (non-hydrogen) atoms. The predicted octanol–water partition coefficient (Wildman–Crippen LogP) is 5.19. The number of ketones is 2. The first-order valence-corrected chi connectivity index (χ1v) is 14.5. The molecule has 1 fully saturated rings. The summed E-state index contributed by atoms with van der Waals surface area (Å²) < 4.78 is 5.93. The second-order valence-corrected chi connectivity index (χ2v) is 12.5. The average Bonchev–Trinajstić information content (AvgIpc) is 3.50. The smallest absolute Gasteiger partial charge is 0.234 e. The molecule has 1 aromatic heterocycles. The van der Waals surface area contributed by atoms with Gasteiger partial charge in [0.2, 0.25) is 11.8 Å². The number of ether oxygens (including phenoxy) is 1. The Labute approximate surface area is 239 Å². The van der Waals surface area contributed by atoms with Crippen LogP contribution >= 0.6 is 43.2 Å². The number of phenolic OH excluding ortho intramolecular Hbond substituents is 1. The van der Waals surface area contributed by atoms with Gasteiger partial charge in [-0.3, -0.25) is 24.1 Å². The SMILES string of the molecule is COc1cc(C2C3=CCC4C(=O)N(Cc5cccs5)C(=O)C4C3CC3=C2C(=O)C=C(Br)C3=O)cc(Br)c1O. The largest absolute Gasteiger partial charge is 0.503 e. The van der Waals surface area contributed by atoms with Crippen LogP contribution in [-0.2, 0) is 25.7 Å². The minimum absolute atomic E-state index is 0.0787. The second-order valence-electron chi connectivity index (χ2n) is 9.79. The van der Waals surface area contributed by atoms with Crippen molar-refractivity contribution in [3.05, 3.63) is 77.9 Å². The number of carbonyl (C=O) groups is 4. The van der Waals surface area contributed by atoms with Crippen LogP contribution in [0.4, 0.5) is 0 Å². The fourth-order valence-corrected chi connectivity index (χ4v) is 7.88. The quantitative estimate of drug-likeness (QED) is 0.276. The number of nitrogens with zero attached hydrogens (tertiary/aromatic N) is 1. The Balaban J connectivity index is 1.48. The zero-order valence-electron chi connectivity index (χ0n) is 20.1. The molecule has 4 unspecified atom stereocenters. The molecule has 4 aliphatic rings. The Morgan fingerprint density at radius 1 is 1.13 bits per heavy atom. The van der Waals surface area contributed by atoms with E-state index in [1.54, 1.807) is 12.1 Å². The van der Waals surface area contributed by atoms with Gasteiger partial charge in [0, 0.05) is 28.0 Å². The Bertz CT molecular complexity index is 1520. The molecule has 1 N–H and O–H groups in total. The monoisotopic (exact) mass is 657 g/mol. The highest BCUT2D eigenvalue weighted by Gasteiger charge is 2.56. The number of carbonyl (C=O) groups excluding carboxylic acids is 4. The van der Waals surface area contributed by atoms with Crippen LogP contribution in [0.3, 0.4) is 0 Å². The third-order valence-electron chi connectivity index (χ3n) is 7.92. The van der Waals surface area contributed by atoms with Crippen LogP contribution in [0.1, 0.15) is 29.2 Å². The minimum atomic E-state index is -0.627. The Kier molecular flexibility index (Phi) is 6.32. The summed E-state index contributed by atoms with van der Waals surface area (Å²) in [5.41, 5.74) is 2.22. The first kappa shape index (κ1) is 25.5. The molecule has 1 saturated heterocycles. The first-order valence-electron chi connectivity index (χ1n) is 12.0. The topological polar surface area (TPSA) is 101 Å². The zero-order valence-corrected chi connectivity index (χ0v) is 24.1. The van der Waals surface area contributed by atoms with E-state index in [1.807, 2.05) is 23.6 Å². The number of phenols is 1. The van der Waals surface area contributed by atoms with E-state index in [4.69, 9.17) is 4.74 Å². The molecule has 4 atom stereocenters. The van der Waals surface area contributed by atoms with E-state index in [0.29, 0.717) is 27.6 Å². The fourth-order valence-electron chi connectivity index (χ4n) is 6.28. The first-order chi connectivity index (χ1) is 18.2. The van der Waals surface area contributed by atoms with Crippen LogP contribution in [0.25, 0.3) is 0 Å². The predicted molar refractivity (Wildman–Crippen MR) is 147 cm³/mol. The zero-order chi connectivity index (χ0) is 26.9. The molecule has 2 aromatic rings. The summed E-state index contributed by atoms with van der Waals surface area (Å²) in [6.45, 7) is 0.232. The van der Waals surface area contributed by atoms with E-state index in [2.05, 4.69) is 31.9 Å². The maximum atomic E-state index is 13.8. The number of amides is 2. The van der Waals surface area contributed by atoms with Crippen LogP contribution < -0.4 is 4.74 Å². The number of rotatable bonds is 4. The lowest BCUT2D eigenvalue weighted by Gasteiger charge is -2.42. The van der Waals surface area contributed by atoms with Crippen LogP contribution in [0.5, 0.6) is 11.5 Å². The van der Waals surface area contributed by atoms with Gasteiger partial charge in [-0.05, 0) is 79.8 Å². The van der Waals surface area contributed by atoms with Crippen molar-refractivity contribution in [3.63, 3.8) is 0 Å². The number of Topliss-reactive ketones (excluding diaryl/α,β-unsaturated/α-hetero) is 1. The maximum absolute atomic E-state index is 13.8. The van der Waals surface area contributed by atoms with E-state index < -0.39 is 23.7 Å². The van der Waals surface area contributed by atoms with E-state index in [9.17, 15) is 24.3 Å². The summed E-state index contributed by atoms with van der Waals surface area (Å²) in [4.78, 5) is 56.1. The number of halogens is 2. The number of aromatic hydroxyl groups is 1. The number of hydrogen-bond acceptors (Lipinski definition) is 7. The van der Waals surface area contributed by atoms with Crippen molar-refractivity contribution in [2.75, 3.05) is 7.11 Å². The number of fused-ring (bicyclic) bond motifs is 3. The summed E-state index contributed by atoms with van der Waals surface area (Å²) in [5, 5.41) is 12.3. The standard InChI is InChI=1S/C28H21Br2NO6S/c1-37-21-8-12(7-18(29)26(21)34)22-14-4-5-15-23(28(36)31(27(15)35)11-13-3-2-6-38-13)16(14)9-17-24(22)20(32)10-19(30)25(17)33/h2-4,6-8,10,15-16,22-23,34H,5,9,11H2,1H3. The van der Waals surface area contributed by atoms with Gasteiger partial charge in [-0.15, -0.1) is 11.3 Å². The Morgan fingerprint density at radius 2 is 1.92 bits per heavy atom. The number of allylic oxidation sites excluding steroid dienone is 6. The lowest BCUT2D eigenvalue weighted by molar-refractivity contribution is -0.140. The molecule has 1 aromatic carbocycles. The molecular formula is C28H21Br2NO6S. The third kappa shape index (κ3) is 3.79. The lowest BCUT2D eigenvalue weighted by atomic mass is 9.59. The molecule has 0 saturated carbocycles. The van der Waals surface area contributed by atoms with E-state index >= 15 is 0 Å². The molecule has 10 heteroatoms. The van der Waals surface area contributed by atoms with Gasteiger partial charge >= 0.3 is 0 Å². The maximum Gasteiger partial charge on any atom is 0.234 e. The highest BCUT2D eigenvalue weighted by atomic mass is 79.9. The van der Waals surface area contributed by atoms with E-state index in [1.165, 1.54) is 29.4 Å². The van der Waals surface area contributed by atoms with Crippen LogP contribution in [0, 0.1) is 17.8 Å². The highest BCUT2D eigenvalue weighted by molar-refractivity contribution is 9.12.